The zero-order valence-corrected chi connectivity index (χ0v) is 80.5. The zero-order valence-electron chi connectivity index (χ0n) is 80.5. The summed E-state index contributed by atoms with van der Waals surface area (Å²) in [6.45, 7) is 40.3. The molecular formula is C105H163FN10O12. The Morgan fingerprint density at radius 3 is 0.953 bits per heavy atom. The van der Waals surface area contributed by atoms with Gasteiger partial charge in [-0.1, -0.05) is 164 Å². The van der Waals surface area contributed by atoms with Crippen LogP contribution in [0.5, 0.6) is 5.75 Å². The Labute approximate surface area is 767 Å². The van der Waals surface area contributed by atoms with Gasteiger partial charge in [0.05, 0.1) is 44.4 Å². The number of nitrogens with zero attached hydrogens (tertiary/aromatic N) is 6. The number of methoxy groups -OCH3 is 2. The van der Waals surface area contributed by atoms with Crippen molar-refractivity contribution in [3.05, 3.63) is 209 Å². The van der Waals surface area contributed by atoms with Crippen molar-refractivity contribution in [3.8, 4) is 5.75 Å². The van der Waals surface area contributed by atoms with E-state index in [1.165, 1.54) is 22.3 Å². The number of aliphatic hydroxyl groups is 6. The van der Waals surface area contributed by atoms with Crippen LogP contribution in [-0.4, -0.2) is 278 Å². The molecule has 22 nitrogen and oxygen atoms in total. The summed E-state index contributed by atoms with van der Waals surface area (Å²) in [5.41, 5.74) is 3.99. The number of likely N-dealkylation sites (tertiary alicyclic amines) is 6. The average molecular weight is 1780 g/mol. The summed E-state index contributed by atoms with van der Waals surface area (Å²) >= 11 is 0. The molecule has 6 aliphatic heterocycles. The van der Waals surface area contributed by atoms with Gasteiger partial charge >= 0.3 is 0 Å². The highest BCUT2D eigenvalue weighted by atomic mass is 19.1. The number of nitrogens with one attached hydrogen (secondary N) is 4. The summed E-state index contributed by atoms with van der Waals surface area (Å²) in [6, 6.07) is 61.3. The number of amides is 4. The van der Waals surface area contributed by atoms with Gasteiger partial charge in [-0.2, -0.15) is 0 Å². The van der Waals surface area contributed by atoms with Crippen molar-refractivity contribution >= 4 is 23.6 Å². The quantitative estimate of drug-likeness (QED) is 0.0194. The fourth-order valence-electron chi connectivity index (χ4n) is 18.7. The predicted molar refractivity (Wildman–Crippen MR) is 514 cm³/mol. The second-order valence-corrected chi connectivity index (χ2v) is 39.0. The molecule has 0 bridgehead atoms. The van der Waals surface area contributed by atoms with E-state index >= 15 is 0 Å². The van der Waals surface area contributed by atoms with Crippen molar-refractivity contribution in [2.24, 2.45) is 0 Å². The van der Waals surface area contributed by atoms with Crippen LogP contribution in [0.1, 0.15) is 226 Å². The topological polar surface area (TPSA) is 276 Å². The van der Waals surface area contributed by atoms with E-state index in [9.17, 15) is 44.0 Å². The van der Waals surface area contributed by atoms with Crippen LogP contribution in [-0.2, 0) is 56.0 Å². The molecule has 6 fully saturated rings. The third kappa shape index (κ3) is 35.8. The van der Waals surface area contributed by atoms with E-state index < -0.39 is 48.7 Å². The number of hydrogen-bond acceptors (Lipinski definition) is 18. The molecule has 712 valence electrons. The molecule has 0 saturated carbocycles. The molecule has 0 spiro atoms. The van der Waals surface area contributed by atoms with Crippen LogP contribution in [0.25, 0.3) is 0 Å². The molecule has 6 saturated heterocycles. The van der Waals surface area contributed by atoms with Crippen molar-refractivity contribution in [3.63, 3.8) is 0 Å². The number of rotatable bonds is 31. The van der Waals surface area contributed by atoms with E-state index in [4.69, 9.17) is 19.7 Å². The Morgan fingerprint density at radius 2 is 0.656 bits per heavy atom. The maximum Gasteiger partial charge on any atom is 0.251 e. The van der Waals surface area contributed by atoms with Crippen LogP contribution >= 0.6 is 0 Å². The van der Waals surface area contributed by atoms with Crippen molar-refractivity contribution in [2.45, 2.75) is 313 Å². The predicted octanol–water partition coefficient (Wildman–Crippen LogP) is 13.3. The van der Waals surface area contributed by atoms with Gasteiger partial charge in [0.2, 0.25) is 17.7 Å². The smallest absolute Gasteiger partial charge is 0.251 e. The van der Waals surface area contributed by atoms with E-state index in [1.807, 2.05) is 104 Å². The van der Waals surface area contributed by atoms with Crippen LogP contribution in [0.15, 0.2) is 176 Å². The van der Waals surface area contributed by atoms with Crippen molar-refractivity contribution in [1.29, 1.82) is 0 Å². The number of piperidine rings is 6. The summed E-state index contributed by atoms with van der Waals surface area (Å²) < 4.78 is 24.9. The molecule has 0 radical (unpaired) electrons. The summed E-state index contributed by atoms with van der Waals surface area (Å²) in [6.07, 6.45) is 11.4. The van der Waals surface area contributed by atoms with Gasteiger partial charge in [0, 0.05) is 150 Å². The van der Waals surface area contributed by atoms with Gasteiger partial charge in [0.1, 0.15) is 18.0 Å². The van der Waals surface area contributed by atoms with Crippen molar-refractivity contribution in [2.75, 3.05) is 106 Å². The molecule has 4 amide bonds. The maximum absolute atomic E-state index is 14.5. The molecule has 4 atom stereocenters. The Kier molecular flexibility index (Phi) is 44.7. The summed E-state index contributed by atoms with van der Waals surface area (Å²) in [4.78, 5) is 63.1. The number of alkyl halides is 1. The number of benzene rings is 6. The molecule has 6 aromatic carbocycles. The van der Waals surface area contributed by atoms with Gasteiger partial charge in [-0.05, 0) is 245 Å². The Morgan fingerprint density at radius 1 is 0.367 bits per heavy atom. The number of ether oxygens (including phenoxy) is 2. The summed E-state index contributed by atoms with van der Waals surface area (Å²) in [5, 5.41) is 71.1. The largest absolute Gasteiger partial charge is 0.497 e. The second kappa shape index (κ2) is 53.2. The molecule has 23 heteroatoms. The monoisotopic (exact) mass is 1780 g/mol. The number of halogens is 1. The lowest BCUT2D eigenvalue weighted by molar-refractivity contribution is -0.134. The normalized spacial score (nSPS) is 19.7. The number of carbonyl (C=O) groups is 4. The van der Waals surface area contributed by atoms with Crippen LogP contribution < -0.4 is 26.0 Å². The van der Waals surface area contributed by atoms with Crippen LogP contribution in [0, 0.1) is 0 Å². The minimum atomic E-state index is -1.36. The lowest BCUT2D eigenvalue weighted by atomic mass is 9.81. The first-order valence-electron chi connectivity index (χ1n) is 47.6. The van der Waals surface area contributed by atoms with E-state index in [0.29, 0.717) is 61.1 Å². The Hall–Kier alpha value is -7.59. The fraction of sp³-hybridized carbons (Fsp3) is 0.619. The molecule has 10 N–H and O–H groups in total. The van der Waals surface area contributed by atoms with E-state index in [1.54, 1.807) is 33.3 Å². The van der Waals surface area contributed by atoms with Gasteiger partial charge < -0.3 is 90.8 Å². The highest BCUT2D eigenvalue weighted by Crippen LogP contribution is 2.39. The molecule has 0 aromatic heterocycles. The van der Waals surface area contributed by atoms with Crippen LogP contribution in [0.3, 0.4) is 0 Å². The molecule has 4 unspecified atom stereocenters. The van der Waals surface area contributed by atoms with Gasteiger partial charge in [-0.15, -0.1) is 0 Å². The van der Waals surface area contributed by atoms with Gasteiger partial charge in [-0.25, -0.2) is 4.39 Å². The first-order chi connectivity index (χ1) is 60.9. The molecule has 6 heterocycles. The van der Waals surface area contributed by atoms with Gasteiger partial charge in [0.15, 0.2) is 12.3 Å². The lowest BCUT2D eigenvalue weighted by Crippen LogP contribution is -2.59. The van der Waals surface area contributed by atoms with Gasteiger partial charge in [-0.3, -0.25) is 19.2 Å². The van der Waals surface area contributed by atoms with Crippen LogP contribution in [0.4, 0.5) is 4.39 Å². The number of carbonyl (C=O) groups excluding carboxylic acids is 4. The fourth-order valence-corrected chi connectivity index (χ4v) is 18.7. The van der Waals surface area contributed by atoms with E-state index in [-0.39, 0.29) is 52.4 Å². The van der Waals surface area contributed by atoms with E-state index in [0.717, 1.165) is 186 Å². The van der Waals surface area contributed by atoms with Crippen LogP contribution in [0.2, 0.25) is 0 Å². The minimum absolute atomic E-state index is 0.0467. The Bertz CT molecular complexity index is 4080. The molecule has 12 rings (SSSR count). The zero-order chi connectivity index (χ0) is 93.7. The average Bonchev–Trinajstić information content (AvgIpc) is 0.816. The second-order valence-electron chi connectivity index (χ2n) is 39.0. The molecule has 6 aromatic rings. The molecular weight excluding hydrogens is 1610 g/mol. The lowest BCUT2D eigenvalue weighted by Gasteiger charge is -2.44. The molecule has 0 aliphatic carbocycles. The standard InChI is InChI=1S/C20H32N2O2.C19H30N2O2.C18H28N2O3.C17H26N2O2.C16H25NO2.C15H22FNO/c1-16(2)22-12-10-20(11-13-22,15-18-8-6-5-7-9-18)21-19(23)14-17(3)24-4;1-15(2)21-11-9-19(10-12-21,20-18(23)13-16(3)22)14-17-7-5-4-6-8-17;1-14(2)20-10-8-18(9-11-20,19-17(23)16(22)13-21)12-15-6-4-3-5-7-15;1-14(2)19-10-8-17(9-11-19,18-16(21)13-20)12-15-6-4-3-5-7-15;1-13(2)17-9-7-16(18,8-10-17)12-14-5-4-6-15(11-14)19-3;1-12(2)17-10-8-15(18,9-11-17)14(16)13-6-4-3-5-7-13/h5-9,16-17H,10-15H2,1-4H3,(H,21,23);4-8,15-16,22H,9-14H2,1-3H3,(H,20,23);3-7,14,16,21-22H,8-13H2,1-2H3,(H,19,23);3-7,14,20H,8-13H2,1-2H3,(H,18,21);4-6,11,13,18H,7-10,12H2,1-3H3;3-7,12,14,18H,8-11H2,1-2H3. The van der Waals surface area contributed by atoms with Crippen molar-refractivity contribution in [1.82, 2.24) is 50.7 Å². The third-order valence-electron chi connectivity index (χ3n) is 27.1. The number of aliphatic hydroxyl groups excluding tert-OH is 4. The SMILES string of the molecule is CC(C)N1CCC(Cc2ccccc2)(NC(=O)C(O)CO)CC1.CC(C)N1CCC(Cc2ccccc2)(NC(=O)CO)CC1.CC(C)N1CCC(O)(C(F)c2ccccc2)CC1.CC(O)CC(=O)NC1(Cc2ccccc2)CCN(C(C)C)CC1.COC(C)CC(=O)NC1(Cc2ccccc2)CCN(C(C)C)CC1.COc1cccc(CC2(O)CCN(C(C)C)CC2)c1. The Balaban J connectivity index is 0.000000211. The summed E-state index contributed by atoms with van der Waals surface area (Å²) in [7, 11) is 3.33. The first-order valence-corrected chi connectivity index (χ1v) is 47.6. The maximum atomic E-state index is 14.5. The highest BCUT2D eigenvalue weighted by molar-refractivity contribution is 5.81. The first kappa shape index (κ1) is 107. The molecule has 6 aliphatic rings. The van der Waals surface area contributed by atoms with Gasteiger partial charge in [0.25, 0.3) is 5.91 Å². The minimum Gasteiger partial charge on any atom is -0.497 e. The summed E-state index contributed by atoms with van der Waals surface area (Å²) in [5.74, 6) is 0.151. The number of hydrogen-bond donors (Lipinski definition) is 10. The highest BCUT2D eigenvalue weighted by Gasteiger charge is 2.44. The van der Waals surface area contributed by atoms with Crippen molar-refractivity contribution < 1.29 is 63.7 Å². The van der Waals surface area contributed by atoms with E-state index in [2.05, 4.69) is 200 Å². The molecule has 128 heavy (non-hydrogen) atoms. The third-order valence-corrected chi connectivity index (χ3v) is 27.1.